The molecule has 0 saturated heterocycles. The number of carbonyl (C=O) groups is 2. The van der Waals surface area contributed by atoms with Crippen LogP contribution in [0, 0.1) is 11.8 Å². The van der Waals surface area contributed by atoms with E-state index in [1.165, 1.54) is 0 Å². The molecule has 0 aromatic heterocycles. The van der Waals surface area contributed by atoms with Crippen LogP contribution in [0.5, 0.6) is 5.75 Å². The molecule has 0 saturated carbocycles. The Morgan fingerprint density at radius 2 is 1.77 bits per heavy atom. The smallest absolute Gasteiger partial charge is 0.426 e. The van der Waals surface area contributed by atoms with Crippen LogP contribution >= 0.6 is 0 Å². The monoisotopic (exact) mass is 304 g/mol. The lowest BCUT2D eigenvalue weighted by Crippen LogP contribution is -2.42. The molecule has 1 rings (SSSR count). The van der Waals surface area contributed by atoms with Gasteiger partial charge >= 0.3 is 6.09 Å². The second kappa shape index (κ2) is 10.1. The van der Waals surface area contributed by atoms with Crippen LogP contribution in [-0.4, -0.2) is 25.7 Å². The van der Waals surface area contributed by atoms with Crippen molar-refractivity contribution < 1.29 is 19.1 Å². The van der Waals surface area contributed by atoms with E-state index in [2.05, 4.69) is 22.7 Å². The molecule has 0 atom stereocenters. The fraction of sp³-hybridized carbons (Fsp3) is 0.375. The third-order valence-corrected chi connectivity index (χ3v) is 2.59. The molecule has 0 aliphatic heterocycles. The molecule has 2 N–H and O–H groups in total. The highest BCUT2D eigenvalue weighted by molar-refractivity contribution is 5.95. The quantitative estimate of drug-likeness (QED) is 0.497. The van der Waals surface area contributed by atoms with E-state index in [0.717, 1.165) is 12.8 Å². The maximum absolute atomic E-state index is 11.8. The third-order valence-electron chi connectivity index (χ3n) is 2.59. The lowest BCUT2D eigenvalue weighted by molar-refractivity contribution is 0.0911. The minimum Gasteiger partial charge on any atom is -0.497 e. The van der Waals surface area contributed by atoms with Crippen LogP contribution in [0.15, 0.2) is 24.3 Å². The van der Waals surface area contributed by atoms with Gasteiger partial charge in [-0.15, -0.1) is 5.92 Å². The zero-order chi connectivity index (χ0) is 16.2. The molecule has 0 fully saturated rings. The summed E-state index contributed by atoms with van der Waals surface area (Å²) in [6.45, 7) is 2.23. The molecule has 6 nitrogen and oxygen atoms in total. The second-order valence-corrected chi connectivity index (χ2v) is 4.30. The number of unbranched alkanes of at least 4 members (excludes halogenated alkanes) is 1. The van der Waals surface area contributed by atoms with E-state index in [1.54, 1.807) is 31.4 Å². The van der Waals surface area contributed by atoms with Gasteiger partial charge in [-0.3, -0.25) is 10.2 Å². The van der Waals surface area contributed by atoms with Crippen LogP contribution in [0.25, 0.3) is 0 Å². The summed E-state index contributed by atoms with van der Waals surface area (Å²) in [6, 6.07) is 6.49. The van der Waals surface area contributed by atoms with Crippen LogP contribution in [0.1, 0.15) is 36.5 Å². The number of nitrogens with one attached hydrogen (secondary N) is 2. The van der Waals surface area contributed by atoms with Gasteiger partial charge in [0, 0.05) is 18.4 Å². The molecule has 0 unspecified atom stereocenters. The van der Waals surface area contributed by atoms with Crippen LogP contribution in [0.3, 0.4) is 0 Å². The van der Waals surface area contributed by atoms with Gasteiger partial charge in [0.2, 0.25) is 0 Å². The molecule has 0 spiro atoms. The van der Waals surface area contributed by atoms with Gasteiger partial charge in [0.15, 0.2) is 0 Å². The maximum atomic E-state index is 11.8. The molecular formula is C16H20N2O4. The summed E-state index contributed by atoms with van der Waals surface area (Å²) in [5.41, 5.74) is 4.82. The normalized spacial score (nSPS) is 9.18. The largest absolute Gasteiger partial charge is 0.497 e. The zero-order valence-electron chi connectivity index (χ0n) is 12.8. The molecule has 6 heteroatoms. The van der Waals surface area contributed by atoms with Gasteiger partial charge in [-0.1, -0.05) is 12.8 Å². The first-order chi connectivity index (χ1) is 10.7. The SMILES string of the molecule is CCCC#CCCOC(=O)NNC(=O)c1ccc(OC)cc1. The van der Waals surface area contributed by atoms with Crippen molar-refractivity contribution in [3.63, 3.8) is 0 Å². The highest BCUT2D eigenvalue weighted by Gasteiger charge is 2.07. The minimum absolute atomic E-state index is 0.182. The average molecular weight is 304 g/mol. The van der Waals surface area contributed by atoms with Crippen molar-refractivity contribution in [1.82, 2.24) is 10.9 Å². The highest BCUT2D eigenvalue weighted by atomic mass is 16.6. The third kappa shape index (κ3) is 6.66. The van der Waals surface area contributed by atoms with Gasteiger partial charge in [-0.2, -0.15) is 0 Å². The first-order valence-electron chi connectivity index (χ1n) is 7.00. The number of methoxy groups -OCH3 is 1. The number of amides is 2. The standard InChI is InChI=1S/C16H20N2O4/c1-3-4-5-6-7-12-22-16(20)18-17-15(19)13-8-10-14(21-2)11-9-13/h8-11H,3-4,7,12H2,1-2H3,(H,17,19)(H,18,20). The number of benzene rings is 1. The average Bonchev–Trinajstić information content (AvgIpc) is 2.56. The Balaban J connectivity index is 2.25. The number of carbonyl (C=O) groups excluding carboxylic acids is 2. The fourth-order valence-corrected chi connectivity index (χ4v) is 1.45. The van der Waals surface area contributed by atoms with E-state index in [-0.39, 0.29) is 6.61 Å². The summed E-state index contributed by atoms with van der Waals surface area (Å²) in [7, 11) is 1.54. The Bertz CT molecular complexity index is 544. The number of rotatable bonds is 5. The first kappa shape index (κ1) is 17.4. The summed E-state index contributed by atoms with van der Waals surface area (Å²) in [5.74, 6) is 6.04. The van der Waals surface area contributed by atoms with Gasteiger partial charge in [0.05, 0.1) is 7.11 Å². The fourth-order valence-electron chi connectivity index (χ4n) is 1.45. The van der Waals surface area contributed by atoms with Crippen LogP contribution in [0.4, 0.5) is 4.79 Å². The summed E-state index contributed by atoms with van der Waals surface area (Å²) in [5, 5.41) is 0. The predicted molar refractivity (Wildman–Crippen MR) is 82.2 cm³/mol. The molecule has 0 aliphatic carbocycles. The zero-order valence-corrected chi connectivity index (χ0v) is 12.8. The molecule has 2 amide bonds. The highest BCUT2D eigenvalue weighted by Crippen LogP contribution is 2.10. The summed E-state index contributed by atoms with van der Waals surface area (Å²) in [6.07, 6.45) is 1.59. The lowest BCUT2D eigenvalue weighted by atomic mass is 10.2. The van der Waals surface area contributed by atoms with Crippen molar-refractivity contribution >= 4 is 12.0 Å². The molecule has 0 bridgehead atoms. The Morgan fingerprint density at radius 1 is 1.09 bits per heavy atom. The van der Waals surface area contributed by atoms with E-state index in [0.29, 0.717) is 17.7 Å². The number of hydrogen-bond donors (Lipinski definition) is 2. The van der Waals surface area contributed by atoms with Crippen molar-refractivity contribution in [2.45, 2.75) is 26.2 Å². The number of ether oxygens (including phenoxy) is 2. The maximum Gasteiger partial charge on any atom is 0.426 e. The van der Waals surface area contributed by atoms with E-state index in [4.69, 9.17) is 9.47 Å². The molecule has 1 aromatic rings. The summed E-state index contributed by atoms with van der Waals surface area (Å²) < 4.78 is 9.85. The van der Waals surface area contributed by atoms with E-state index in [9.17, 15) is 9.59 Å². The number of hydrogen-bond acceptors (Lipinski definition) is 4. The van der Waals surface area contributed by atoms with Crippen molar-refractivity contribution in [1.29, 1.82) is 0 Å². The lowest BCUT2D eigenvalue weighted by Gasteiger charge is -2.08. The Hall–Kier alpha value is -2.68. The van der Waals surface area contributed by atoms with Crippen molar-refractivity contribution in [2.24, 2.45) is 0 Å². The van der Waals surface area contributed by atoms with Gasteiger partial charge in [0.25, 0.3) is 5.91 Å². The van der Waals surface area contributed by atoms with Gasteiger partial charge < -0.3 is 9.47 Å². The van der Waals surface area contributed by atoms with Crippen molar-refractivity contribution in [2.75, 3.05) is 13.7 Å². The topological polar surface area (TPSA) is 76.7 Å². The minimum atomic E-state index is -0.723. The molecule has 22 heavy (non-hydrogen) atoms. The molecule has 0 heterocycles. The van der Waals surface area contributed by atoms with Crippen molar-refractivity contribution in [3.8, 4) is 17.6 Å². The van der Waals surface area contributed by atoms with E-state index >= 15 is 0 Å². The summed E-state index contributed by atoms with van der Waals surface area (Å²) in [4.78, 5) is 23.1. The van der Waals surface area contributed by atoms with E-state index < -0.39 is 12.0 Å². The van der Waals surface area contributed by atoms with Gasteiger partial charge in [-0.05, 0) is 30.7 Å². The molecular weight excluding hydrogens is 284 g/mol. The van der Waals surface area contributed by atoms with Crippen LogP contribution in [-0.2, 0) is 4.74 Å². The molecule has 118 valence electrons. The number of hydrazine groups is 1. The Labute approximate surface area is 130 Å². The molecule has 1 aromatic carbocycles. The second-order valence-electron chi connectivity index (χ2n) is 4.30. The van der Waals surface area contributed by atoms with Gasteiger partial charge in [0.1, 0.15) is 12.4 Å². The van der Waals surface area contributed by atoms with Crippen LogP contribution in [0.2, 0.25) is 0 Å². The summed E-state index contributed by atoms with van der Waals surface area (Å²) >= 11 is 0. The van der Waals surface area contributed by atoms with Crippen LogP contribution < -0.4 is 15.6 Å². The Kier molecular flexibility index (Phi) is 7.98. The van der Waals surface area contributed by atoms with E-state index in [1.807, 2.05) is 6.92 Å². The molecule has 0 radical (unpaired) electrons. The van der Waals surface area contributed by atoms with Gasteiger partial charge in [-0.25, -0.2) is 10.2 Å². The molecule has 0 aliphatic rings. The van der Waals surface area contributed by atoms with Crippen molar-refractivity contribution in [3.05, 3.63) is 29.8 Å². The predicted octanol–water partition coefficient (Wildman–Crippen LogP) is 2.26. The first-order valence-corrected chi connectivity index (χ1v) is 7.00. The Morgan fingerprint density at radius 3 is 2.41 bits per heavy atom.